The lowest BCUT2D eigenvalue weighted by atomic mass is 9.97. The maximum Gasteiger partial charge on any atom is 0.399 e. The Morgan fingerprint density at radius 1 is 0.906 bits per heavy atom. The quantitative estimate of drug-likeness (QED) is 0.177. The number of carboxylic acids is 1. The van der Waals surface area contributed by atoms with Crippen LogP contribution in [0.2, 0.25) is 0 Å². The second-order valence-corrected chi connectivity index (χ2v) is 7.94. The van der Waals surface area contributed by atoms with Crippen molar-refractivity contribution in [1.82, 2.24) is 5.32 Å². The summed E-state index contributed by atoms with van der Waals surface area (Å²) in [6, 6.07) is -1.37. The first-order valence-corrected chi connectivity index (χ1v) is 10.4. The van der Waals surface area contributed by atoms with Gasteiger partial charge >= 0.3 is 16.4 Å². The minimum Gasteiger partial charge on any atom is -0.479 e. The van der Waals surface area contributed by atoms with Crippen LogP contribution in [-0.4, -0.2) is 121 Å². The van der Waals surface area contributed by atoms with Crippen molar-refractivity contribution in [2.75, 3.05) is 14.2 Å². The maximum absolute atomic E-state index is 11.6. The van der Waals surface area contributed by atoms with Crippen molar-refractivity contribution in [1.29, 1.82) is 0 Å². The number of ether oxygens (including phenoxy) is 5. The van der Waals surface area contributed by atoms with E-state index in [9.17, 15) is 38.4 Å². The van der Waals surface area contributed by atoms with Crippen LogP contribution >= 0.6 is 0 Å². The van der Waals surface area contributed by atoms with Gasteiger partial charge in [-0.15, -0.1) is 0 Å². The molecule has 0 aromatic rings. The van der Waals surface area contributed by atoms with E-state index in [1.807, 2.05) is 0 Å². The van der Waals surface area contributed by atoms with Crippen LogP contribution in [0, 0.1) is 0 Å². The van der Waals surface area contributed by atoms with Crippen LogP contribution in [0.25, 0.3) is 0 Å². The number of carbonyl (C=O) groups is 2. The average molecular weight is 491 g/mol. The Hall–Kier alpha value is -1.51. The molecule has 2 rings (SSSR count). The number of rotatable bonds is 8. The molecular weight excluding hydrogens is 466 g/mol. The second-order valence-electron chi connectivity index (χ2n) is 6.89. The molecule has 1 amide bonds. The van der Waals surface area contributed by atoms with Gasteiger partial charge in [-0.1, -0.05) is 0 Å². The summed E-state index contributed by atoms with van der Waals surface area (Å²) in [4.78, 5) is 23.1. The van der Waals surface area contributed by atoms with E-state index in [-0.39, 0.29) is 0 Å². The highest BCUT2D eigenvalue weighted by molar-refractivity contribution is 7.80. The number of aliphatic carboxylic acids is 1. The minimum atomic E-state index is -5.13. The maximum atomic E-state index is 11.6. The lowest BCUT2D eigenvalue weighted by molar-refractivity contribution is -0.353. The molecule has 2 heterocycles. The van der Waals surface area contributed by atoms with Crippen LogP contribution in [0.5, 0.6) is 0 Å². The standard InChI is InChI=1S/C15H25NO15S/c1-4(17)16-5-9(8(20)15(30-13(5)27-3)31-32(23,24)25)28-14-7(19)6(18)10(26-2)11(29-14)12(21)22/h5-11,13-15,18-20H,1-3H3,(H,16,17)(H,21,22)(H,23,24,25)/t5?,6?,7?,8-,9?,10-,11+,13+,14+,15-/m0/s1. The van der Waals surface area contributed by atoms with Gasteiger partial charge < -0.3 is 49.4 Å². The Bertz CT molecular complexity index is 777. The zero-order valence-corrected chi connectivity index (χ0v) is 17.8. The highest BCUT2D eigenvalue weighted by Crippen LogP contribution is 2.31. The van der Waals surface area contributed by atoms with Crippen molar-refractivity contribution in [3.8, 4) is 0 Å². The van der Waals surface area contributed by atoms with Gasteiger partial charge in [0.25, 0.3) is 0 Å². The first-order valence-electron chi connectivity index (χ1n) is 9.02. The van der Waals surface area contributed by atoms with Gasteiger partial charge in [0.2, 0.25) is 12.2 Å². The van der Waals surface area contributed by atoms with Gasteiger partial charge in [0, 0.05) is 21.1 Å². The summed E-state index contributed by atoms with van der Waals surface area (Å²) in [5.74, 6) is -2.23. The first-order chi connectivity index (χ1) is 14.8. The molecule has 2 aliphatic rings. The second kappa shape index (κ2) is 10.6. The molecule has 10 atom stereocenters. The van der Waals surface area contributed by atoms with Crippen LogP contribution in [0.4, 0.5) is 0 Å². The summed E-state index contributed by atoms with van der Waals surface area (Å²) >= 11 is 0. The molecule has 0 saturated carbocycles. The normalized spacial score (nSPS) is 40.6. The van der Waals surface area contributed by atoms with Crippen LogP contribution in [0.3, 0.4) is 0 Å². The molecule has 32 heavy (non-hydrogen) atoms. The van der Waals surface area contributed by atoms with Gasteiger partial charge in [-0.05, 0) is 0 Å². The third kappa shape index (κ3) is 6.08. The predicted molar refractivity (Wildman–Crippen MR) is 95.9 cm³/mol. The molecule has 2 aliphatic heterocycles. The number of aliphatic hydroxyl groups is 3. The van der Waals surface area contributed by atoms with E-state index in [1.165, 1.54) is 0 Å². The minimum absolute atomic E-state index is 0.663. The Balaban J connectivity index is 2.37. The topological polar surface area (TPSA) is 237 Å². The van der Waals surface area contributed by atoms with Crippen molar-refractivity contribution in [3.05, 3.63) is 0 Å². The van der Waals surface area contributed by atoms with Crippen LogP contribution in [0.1, 0.15) is 6.92 Å². The molecule has 0 aliphatic carbocycles. The van der Waals surface area contributed by atoms with Gasteiger partial charge in [0.05, 0.1) is 0 Å². The Morgan fingerprint density at radius 3 is 2.00 bits per heavy atom. The zero-order valence-electron chi connectivity index (χ0n) is 17.0. The molecule has 0 aromatic carbocycles. The smallest absolute Gasteiger partial charge is 0.399 e. The number of hydrogen-bond donors (Lipinski definition) is 6. The van der Waals surface area contributed by atoms with E-state index in [2.05, 4.69) is 9.50 Å². The summed E-state index contributed by atoms with van der Waals surface area (Å²) in [7, 11) is -2.96. The van der Waals surface area contributed by atoms with Crippen LogP contribution in [0.15, 0.2) is 0 Å². The van der Waals surface area contributed by atoms with Crippen molar-refractivity contribution >= 4 is 22.3 Å². The molecule has 186 valence electrons. The molecule has 0 bridgehead atoms. The first kappa shape index (κ1) is 26.7. The van der Waals surface area contributed by atoms with E-state index in [0.717, 1.165) is 21.1 Å². The van der Waals surface area contributed by atoms with Crippen molar-refractivity contribution in [3.63, 3.8) is 0 Å². The van der Waals surface area contributed by atoms with E-state index >= 15 is 0 Å². The summed E-state index contributed by atoms with van der Waals surface area (Å²) in [6.45, 7) is 1.09. The molecule has 16 nitrogen and oxygen atoms in total. The molecule has 6 N–H and O–H groups in total. The van der Waals surface area contributed by atoms with Crippen molar-refractivity contribution in [2.45, 2.75) is 68.5 Å². The summed E-state index contributed by atoms with van der Waals surface area (Å²) < 4.78 is 61.0. The molecule has 0 radical (unpaired) electrons. The largest absolute Gasteiger partial charge is 0.479 e. The van der Waals surface area contributed by atoms with Gasteiger partial charge in [-0.2, -0.15) is 8.42 Å². The highest BCUT2D eigenvalue weighted by atomic mass is 32.3. The molecular formula is C15H25NO15S. The molecule has 0 spiro atoms. The number of hydrogen-bond acceptors (Lipinski definition) is 13. The van der Waals surface area contributed by atoms with Gasteiger partial charge in [-0.3, -0.25) is 9.35 Å². The number of methoxy groups -OCH3 is 2. The average Bonchev–Trinajstić information content (AvgIpc) is 2.68. The van der Waals surface area contributed by atoms with Crippen LogP contribution in [-0.2, 0) is 47.9 Å². The lowest BCUT2D eigenvalue weighted by Gasteiger charge is -2.46. The Kier molecular flexibility index (Phi) is 8.87. The fourth-order valence-electron chi connectivity index (χ4n) is 3.34. The summed E-state index contributed by atoms with van der Waals surface area (Å²) in [5.41, 5.74) is 0. The lowest BCUT2D eigenvalue weighted by Crippen LogP contribution is -2.68. The molecule has 0 aromatic heterocycles. The monoisotopic (exact) mass is 491 g/mol. The number of carbonyl (C=O) groups excluding carboxylic acids is 1. The third-order valence-corrected chi connectivity index (χ3v) is 5.13. The van der Waals surface area contributed by atoms with E-state index < -0.39 is 83.8 Å². The molecule has 17 heteroatoms. The third-order valence-electron chi connectivity index (χ3n) is 4.70. The molecule has 2 saturated heterocycles. The number of aliphatic hydroxyl groups excluding tert-OH is 3. The van der Waals surface area contributed by atoms with Gasteiger partial charge in [-0.25, -0.2) is 8.98 Å². The number of carboxylic acid groups (broad SMARTS) is 1. The fourth-order valence-corrected chi connectivity index (χ4v) is 3.74. The zero-order chi connectivity index (χ0) is 24.4. The Labute approximate surface area is 181 Å². The Morgan fingerprint density at radius 2 is 1.53 bits per heavy atom. The van der Waals surface area contributed by atoms with E-state index in [1.54, 1.807) is 0 Å². The number of amides is 1. The van der Waals surface area contributed by atoms with Crippen molar-refractivity contribution in [2.24, 2.45) is 0 Å². The van der Waals surface area contributed by atoms with Gasteiger partial charge in [0.15, 0.2) is 18.7 Å². The summed E-state index contributed by atoms with van der Waals surface area (Å²) in [5, 5.41) is 42.8. The number of nitrogens with one attached hydrogen (secondary N) is 1. The fraction of sp³-hybridized carbons (Fsp3) is 0.867. The molecule has 2 fully saturated rings. The summed E-state index contributed by atoms with van der Waals surface area (Å²) in [6.07, 6.45) is -16.3. The SMILES string of the molecule is CO[C@@H]1O[C@@H](OS(=O)(=O)O)[C@@H](O)C(O[C@@H]2O[C@@H](C(=O)O)[C@@H](OC)C(O)C2O)C1NC(C)=O. The van der Waals surface area contributed by atoms with Crippen molar-refractivity contribution < 1.29 is 70.9 Å². The predicted octanol–water partition coefficient (Wildman–Crippen LogP) is -4.07. The van der Waals surface area contributed by atoms with Gasteiger partial charge in [0.1, 0.15) is 36.6 Å². The van der Waals surface area contributed by atoms with E-state index in [4.69, 9.17) is 28.2 Å². The molecule has 4 unspecified atom stereocenters. The van der Waals surface area contributed by atoms with Crippen LogP contribution < -0.4 is 5.32 Å². The van der Waals surface area contributed by atoms with E-state index in [0.29, 0.717) is 0 Å². The highest BCUT2D eigenvalue weighted by Gasteiger charge is 2.54.